The molecule has 176 valence electrons. The van der Waals surface area contributed by atoms with Gasteiger partial charge in [0.2, 0.25) is 5.88 Å². The second-order valence-corrected chi connectivity index (χ2v) is 7.73. The van der Waals surface area contributed by atoms with Crippen LogP contribution >= 0.6 is 11.6 Å². The molecule has 9 nitrogen and oxygen atoms in total. The Hall–Kier alpha value is -3.01. The van der Waals surface area contributed by atoms with Crippen molar-refractivity contribution in [2.75, 3.05) is 18.5 Å². The van der Waals surface area contributed by atoms with Gasteiger partial charge < -0.3 is 9.47 Å². The van der Waals surface area contributed by atoms with E-state index in [-0.39, 0.29) is 5.02 Å². The molecule has 2 N–H and O–H groups in total. The van der Waals surface area contributed by atoms with Crippen molar-refractivity contribution < 1.29 is 49.0 Å². The first-order chi connectivity index (χ1) is 14.6. The number of carbonyl (C=O) groups is 1. The summed E-state index contributed by atoms with van der Waals surface area (Å²) in [5.74, 6) is -1.63. The largest absolute Gasteiger partial charge is 0.468 e. The Morgan fingerprint density at radius 2 is 1.59 bits per heavy atom. The van der Waals surface area contributed by atoms with Crippen molar-refractivity contribution in [2.45, 2.75) is 17.2 Å². The summed E-state index contributed by atoms with van der Waals surface area (Å²) in [5, 5.41) is 1.59. The zero-order valence-electron chi connectivity index (χ0n) is 15.3. The number of nitrogens with one attached hydrogen (secondary N) is 2. The molecular weight excluding hydrogens is 498 g/mol. The predicted molar refractivity (Wildman–Crippen MR) is 95.9 cm³/mol. The molecule has 1 heterocycles. The summed E-state index contributed by atoms with van der Waals surface area (Å²) in [6.45, 7) is -3.77. The second-order valence-electron chi connectivity index (χ2n) is 5.67. The molecule has 2 amide bonds. The van der Waals surface area contributed by atoms with E-state index >= 15 is 0 Å². The van der Waals surface area contributed by atoms with E-state index in [0.29, 0.717) is 6.07 Å². The highest BCUT2D eigenvalue weighted by atomic mass is 35.5. The molecule has 17 heteroatoms. The number of anilines is 1. The minimum absolute atomic E-state index is 0.222. The summed E-state index contributed by atoms with van der Waals surface area (Å²) in [7, 11) is -4.49. The minimum atomic E-state index is -4.83. The number of ether oxygens (including phenoxy) is 2. The van der Waals surface area contributed by atoms with Crippen LogP contribution in [-0.2, 0) is 10.0 Å². The fourth-order valence-corrected chi connectivity index (χ4v) is 3.32. The van der Waals surface area contributed by atoms with Gasteiger partial charge in [0, 0.05) is 6.07 Å². The number of hydrogen-bond donors (Lipinski definition) is 2. The zero-order valence-corrected chi connectivity index (χ0v) is 16.9. The molecule has 2 rings (SSSR count). The van der Waals surface area contributed by atoms with Crippen LogP contribution in [0.25, 0.3) is 0 Å². The molecule has 0 saturated heterocycles. The minimum Gasteiger partial charge on any atom is -0.468 e. The van der Waals surface area contributed by atoms with Gasteiger partial charge in [-0.3, -0.25) is 5.32 Å². The highest BCUT2D eigenvalue weighted by Gasteiger charge is 2.31. The number of sulfonamides is 1. The molecule has 0 bridgehead atoms. The lowest BCUT2D eigenvalue weighted by molar-refractivity contribution is -0.155. The summed E-state index contributed by atoms with van der Waals surface area (Å²) in [6, 6.07) is 3.10. The number of alkyl halides is 6. The second kappa shape index (κ2) is 9.64. The van der Waals surface area contributed by atoms with Crippen molar-refractivity contribution in [3.63, 3.8) is 0 Å². The number of urea groups is 1. The molecule has 0 aliphatic carbocycles. The van der Waals surface area contributed by atoms with E-state index in [1.165, 1.54) is 18.2 Å². The fraction of sp³-hybridized carbons (Fsp3) is 0.267. The van der Waals surface area contributed by atoms with Crippen molar-refractivity contribution >= 4 is 33.5 Å². The molecule has 0 spiro atoms. The summed E-state index contributed by atoms with van der Waals surface area (Å²) in [6.07, 6.45) is -9.65. The Morgan fingerprint density at radius 1 is 1.00 bits per heavy atom. The van der Waals surface area contributed by atoms with Crippen molar-refractivity contribution in [3.8, 4) is 11.9 Å². The lowest BCUT2D eigenvalue weighted by Gasteiger charge is -2.13. The molecule has 0 radical (unpaired) electrons. The van der Waals surface area contributed by atoms with Gasteiger partial charge in [-0.15, -0.1) is 0 Å². The van der Waals surface area contributed by atoms with Gasteiger partial charge in [-0.25, -0.2) is 17.9 Å². The van der Waals surface area contributed by atoms with Gasteiger partial charge in [-0.2, -0.15) is 36.3 Å². The predicted octanol–water partition coefficient (Wildman–Crippen LogP) is 3.52. The lowest BCUT2D eigenvalue weighted by Crippen LogP contribution is -2.34. The van der Waals surface area contributed by atoms with Crippen LogP contribution in [0.4, 0.5) is 37.0 Å². The first-order valence-electron chi connectivity index (χ1n) is 8.01. The first-order valence-corrected chi connectivity index (χ1v) is 9.87. The number of hydrogen-bond acceptors (Lipinski definition) is 7. The molecule has 0 aliphatic rings. The maximum Gasteiger partial charge on any atom is 0.422 e. The molecule has 32 heavy (non-hydrogen) atoms. The van der Waals surface area contributed by atoms with Crippen molar-refractivity contribution in [1.29, 1.82) is 0 Å². The van der Waals surface area contributed by atoms with E-state index in [1.54, 1.807) is 4.72 Å². The summed E-state index contributed by atoms with van der Waals surface area (Å²) in [4.78, 5) is 18.1. The van der Waals surface area contributed by atoms with Gasteiger partial charge in [-0.05, 0) is 12.1 Å². The van der Waals surface area contributed by atoms with Crippen LogP contribution < -0.4 is 19.5 Å². The Morgan fingerprint density at radius 3 is 2.19 bits per heavy atom. The standard InChI is InChI=1S/C15H11ClF6N4O5S/c16-8-3-1-2-4-9(8)32(28,29)26-12(27)23-10-5-11(30-6-14(17,18)19)25-13(24-10)31-7-15(20,21)22/h1-5H,6-7H2,(H2,23,24,25,26,27). The molecule has 0 fully saturated rings. The molecule has 0 saturated carbocycles. The van der Waals surface area contributed by atoms with E-state index in [0.717, 1.165) is 6.07 Å². The van der Waals surface area contributed by atoms with Gasteiger partial charge in [0.15, 0.2) is 13.2 Å². The van der Waals surface area contributed by atoms with E-state index in [1.807, 2.05) is 5.32 Å². The average Bonchev–Trinajstić information content (AvgIpc) is 2.63. The van der Waals surface area contributed by atoms with E-state index < -0.39 is 64.2 Å². The SMILES string of the molecule is O=C(Nc1cc(OCC(F)(F)F)nc(OCC(F)(F)F)n1)NS(=O)(=O)c1ccccc1Cl. The van der Waals surface area contributed by atoms with Crippen LogP contribution in [0.15, 0.2) is 35.2 Å². The van der Waals surface area contributed by atoms with Crippen LogP contribution in [0, 0.1) is 0 Å². The fourth-order valence-electron chi connectivity index (χ4n) is 1.89. The average molecular weight is 509 g/mol. The Balaban J connectivity index is 2.22. The van der Waals surface area contributed by atoms with Gasteiger partial charge >= 0.3 is 24.4 Å². The van der Waals surface area contributed by atoms with Crippen molar-refractivity contribution in [3.05, 3.63) is 35.4 Å². The van der Waals surface area contributed by atoms with Gasteiger partial charge in [0.1, 0.15) is 10.7 Å². The first kappa shape index (κ1) is 25.3. The Bertz CT molecular complexity index is 1040. The molecule has 0 aliphatic heterocycles. The quantitative estimate of drug-likeness (QED) is 0.549. The van der Waals surface area contributed by atoms with Crippen molar-refractivity contribution in [2.24, 2.45) is 0 Å². The van der Waals surface area contributed by atoms with Gasteiger partial charge in [0.25, 0.3) is 10.0 Å². The zero-order chi connectivity index (χ0) is 24.2. The molecule has 0 unspecified atom stereocenters. The van der Waals surface area contributed by atoms with Crippen molar-refractivity contribution in [1.82, 2.24) is 14.7 Å². The molecule has 1 aromatic heterocycles. The number of rotatable bonds is 7. The number of benzene rings is 1. The van der Waals surface area contributed by atoms with Crippen LogP contribution in [0.2, 0.25) is 5.02 Å². The summed E-state index contributed by atoms with van der Waals surface area (Å²) >= 11 is 5.75. The number of nitrogens with zero attached hydrogens (tertiary/aromatic N) is 2. The summed E-state index contributed by atoms with van der Waals surface area (Å²) in [5.41, 5.74) is 0. The maximum absolute atomic E-state index is 12.3. The Labute approximate surface area is 180 Å². The number of halogens is 7. The monoisotopic (exact) mass is 508 g/mol. The van der Waals surface area contributed by atoms with E-state index in [9.17, 15) is 39.6 Å². The van der Waals surface area contributed by atoms with Crippen LogP contribution in [0.1, 0.15) is 0 Å². The molecule has 1 aromatic carbocycles. The molecular formula is C15H11ClF6N4O5S. The van der Waals surface area contributed by atoms with Crippen LogP contribution in [-0.4, -0.2) is 50.0 Å². The molecule has 0 atom stereocenters. The highest BCUT2D eigenvalue weighted by molar-refractivity contribution is 7.90. The van der Waals surface area contributed by atoms with Gasteiger partial charge in [-0.1, -0.05) is 23.7 Å². The number of carbonyl (C=O) groups excluding carboxylic acids is 1. The summed E-state index contributed by atoms with van der Waals surface area (Å²) < 4.78 is 108. The third-order valence-electron chi connectivity index (χ3n) is 3.03. The maximum atomic E-state index is 12.3. The topological polar surface area (TPSA) is 120 Å². The number of amides is 2. The third kappa shape index (κ3) is 8.26. The number of aromatic nitrogens is 2. The highest BCUT2D eigenvalue weighted by Crippen LogP contribution is 2.24. The van der Waals surface area contributed by atoms with Gasteiger partial charge in [0.05, 0.1) is 5.02 Å². The smallest absolute Gasteiger partial charge is 0.422 e. The van der Waals surface area contributed by atoms with Crippen LogP contribution in [0.5, 0.6) is 11.9 Å². The third-order valence-corrected chi connectivity index (χ3v) is 4.86. The lowest BCUT2D eigenvalue weighted by atomic mass is 10.4. The van der Waals surface area contributed by atoms with E-state index in [2.05, 4.69) is 19.4 Å². The van der Waals surface area contributed by atoms with Crippen LogP contribution in [0.3, 0.4) is 0 Å². The van der Waals surface area contributed by atoms with E-state index in [4.69, 9.17) is 11.6 Å². The Kier molecular flexibility index (Phi) is 7.61. The normalized spacial score (nSPS) is 12.2. The molecule has 2 aromatic rings.